The number of likely N-dealkylation sites (tertiary alicyclic amines) is 1. The predicted molar refractivity (Wildman–Crippen MR) is 94.9 cm³/mol. The molecule has 1 unspecified atom stereocenters. The van der Waals surface area contributed by atoms with Crippen LogP contribution in [-0.4, -0.2) is 41.7 Å². The second-order valence-electron chi connectivity index (χ2n) is 6.14. The predicted octanol–water partition coefficient (Wildman–Crippen LogP) is 2.61. The number of hydrogen-bond donors (Lipinski definition) is 2. The molecule has 2 atom stereocenters. The molecule has 1 aliphatic heterocycles. The summed E-state index contributed by atoms with van der Waals surface area (Å²) in [7, 11) is 0. The number of rotatable bonds is 5. The molecule has 0 aromatic heterocycles. The third-order valence-electron chi connectivity index (χ3n) is 4.23. The van der Waals surface area contributed by atoms with E-state index in [1.165, 1.54) is 0 Å². The summed E-state index contributed by atoms with van der Waals surface area (Å²) in [5.74, 6) is -0.0575. The maximum atomic E-state index is 12.5. The van der Waals surface area contributed by atoms with Crippen LogP contribution in [0.2, 0.25) is 5.02 Å². The number of nitrogens with zero attached hydrogens (tertiary/aromatic N) is 1. The Morgan fingerprint density at radius 2 is 1.96 bits per heavy atom. The molecule has 1 fully saturated rings. The summed E-state index contributed by atoms with van der Waals surface area (Å²) in [6.07, 6.45) is 0.402. The van der Waals surface area contributed by atoms with Crippen molar-refractivity contribution in [3.8, 4) is 0 Å². The Balaban J connectivity index is 1.76. The number of nitrogens with one attached hydrogen (secondary N) is 1. The lowest BCUT2D eigenvalue weighted by Gasteiger charge is -2.22. The highest BCUT2D eigenvalue weighted by Gasteiger charge is 2.24. The highest BCUT2D eigenvalue weighted by atomic mass is 35.5. The molecule has 4 nitrogen and oxygen atoms in total. The molecule has 0 saturated carbocycles. The van der Waals surface area contributed by atoms with Crippen molar-refractivity contribution in [1.29, 1.82) is 0 Å². The molecule has 126 valence electrons. The zero-order valence-corrected chi connectivity index (χ0v) is 14.1. The molecular weight excluding hydrogens is 324 g/mol. The summed E-state index contributed by atoms with van der Waals surface area (Å²) in [6, 6.07) is 17.1. The largest absolute Gasteiger partial charge is 0.392 e. The maximum Gasteiger partial charge on any atom is 0.234 e. The SMILES string of the molecule is O=C(CN1CC[C@H](O)C1)NC(c1ccccc1)c1cccc(Cl)c1. The van der Waals surface area contributed by atoms with Gasteiger partial charge < -0.3 is 10.4 Å². The van der Waals surface area contributed by atoms with Crippen LogP contribution in [-0.2, 0) is 4.79 Å². The molecule has 1 aliphatic rings. The standard InChI is InChI=1S/C19H21ClN2O2/c20-16-8-4-7-15(11-16)19(14-5-2-1-3-6-14)21-18(24)13-22-10-9-17(23)12-22/h1-8,11,17,19,23H,9-10,12-13H2,(H,21,24)/t17-,19?/m0/s1. The van der Waals surface area contributed by atoms with E-state index in [0.717, 1.165) is 24.1 Å². The number of hydrogen-bond acceptors (Lipinski definition) is 3. The highest BCUT2D eigenvalue weighted by Crippen LogP contribution is 2.24. The van der Waals surface area contributed by atoms with Gasteiger partial charge in [0.1, 0.15) is 0 Å². The molecule has 0 aliphatic carbocycles. The van der Waals surface area contributed by atoms with Gasteiger partial charge in [-0.2, -0.15) is 0 Å². The number of carbonyl (C=O) groups is 1. The molecule has 24 heavy (non-hydrogen) atoms. The first-order valence-electron chi connectivity index (χ1n) is 8.12. The minimum atomic E-state index is -0.323. The van der Waals surface area contributed by atoms with Gasteiger partial charge in [0, 0.05) is 18.1 Å². The van der Waals surface area contributed by atoms with E-state index in [0.29, 0.717) is 18.1 Å². The van der Waals surface area contributed by atoms with E-state index < -0.39 is 0 Å². The summed E-state index contributed by atoms with van der Waals surface area (Å²) in [5.41, 5.74) is 1.96. The van der Waals surface area contributed by atoms with Crippen LogP contribution in [0.3, 0.4) is 0 Å². The zero-order valence-electron chi connectivity index (χ0n) is 13.4. The Morgan fingerprint density at radius 1 is 1.21 bits per heavy atom. The van der Waals surface area contributed by atoms with Crippen LogP contribution >= 0.6 is 11.6 Å². The summed E-state index contributed by atoms with van der Waals surface area (Å²) >= 11 is 6.12. The van der Waals surface area contributed by atoms with Gasteiger partial charge in [0.15, 0.2) is 0 Å². The fraction of sp³-hybridized carbons (Fsp3) is 0.316. The van der Waals surface area contributed by atoms with Crippen LogP contribution in [0.15, 0.2) is 54.6 Å². The number of benzene rings is 2. The van der Waals surface area contributed by atoms with Gasteiger partial charge in [0.05, 0.1) is 18.7 Å². The van der Waals surface area contributed by atoms with Crippen LogP contribution in [0.1, 0.15) is 23.6 Å². The van der Waals surface area contributed by atoms with Crippen molar-refractivity contribution in [2.75, 3.05) is 19.6 Å². The molecular formula is C19H21ClN2O2. The molecule has 1 heterocycles. The first-order chi connectivity index (χ1) is 11.6. The molecule has 1 saturated heterocycles. The molecule has 0 bridgehead atoms. The number of aliphatic hydroxyl groups is 1. The number of halogens is 1. The molecule has 5 heteroatoms. The van der Waals surface area contributed by atoms with Gasteiger partial charge >= 0.3 is 0 Å². The highest BCUT2D eigenvalue weighted by molar-refractivity contribution is 6.30. The Hall–Kier alpha value is -1.88. The monoisotopic (exact) mass is 344 g/mol. The van der Waals surface area contributed by atoms with Crippen LogP contribution < -0.4 is 5.32 Å². The van der Waals surface area contributed by atoms with Gasteiger partial charge in [0.25, 0.3) is 0 Å². The van der Waals surface area contributed by atoms with Gasteiger partial charge in [-0.25, -0.2) is 0 Å². The summed E-state index contributed by atoms with van der Waals surface area (Å²) in [4.78, 5) is 14.5. The van der Waals surface area contributed by atoms with Gasteiger partial charge in [-0.3, -0.25) is 9.69 Å². The Kier molecular flexibility index (Phi) is 5.51. The average Bonchev–Trinajstić information content (AvgIpc) is 2.98. The third-order valence-corrected chi connectivity index (χ3v) is 4.47. The van der Waals surface area contributed by atoms with Gasteiger partial charge in [-0.15, -0.1) is 0 Å². The van der Waals surface area contributed by atoms with E-state index in [9.17, 15) is 9.90 Å². The van der Waals surface area contributed by atoms with Gasteiger partial charge in [0.2, 0.25) is 5.91 Å². The number of amides is 1. The van der Waals surface area contributed by atoms with Gasteiger partial charge in [-0.1, -0.05) is 54.1 Å². The molecule has 2 N–H and O–H groups in total. The number of β-amino-alcohol motifs (C(OH)–C–C–N with tert-alkyl or cyclic N) is 1. The lowest BCUT2D eigenvalue weighted by Crippen LogP contribution is -2.38. The van der Waals surface area contributed by atoms with Crippen LogP contribution in [0, 0.1) is 0 Å². The summed E-state index contributed by atoms with van der Waals surface area (Å²) in [6.45, 7) is 1.60. The first kappa shape index (κ1) is 17.0. The molecule has 2 aromatic carbocycles. The van der Waals surface area contributed by atoms with Crippen molar-refractivity contribution in [3.05, 3.63) is 70.7 Å². The Bertz CT molecular complexity index is 693. The lowest BCUT2D eigenvalue weighted by molar-refractivity contribution is -0.122. The van der Waals surface area contributed by atoms with Crippen molar-refractivity contribution in [2.24, 2.45) is 0 Å². The van der Waals surface area contributed by atoms with Crippen molar-refractivity contribution in [1.82, 2.24) is 10.2 Å². The van der Waals surface area contributed by atoms with Gasteiger partial charge in [-0.05, 0) is 29.7 Å². The van der Waals surface area contributed by atoms with E-state index in [-0.39, 0.29) is 18.1 Å². The first-order valence-corrected chi connectivity index (χ1v) is 8.50. The maximum absolute atomic E-state index is 12.5. The van der Waals surface area contributed by atoms with E-state index >= 15 is 0 Å². The molecule has 1 amide bonds. The van der Waals surface area contributed by atoms with E-state index in [1.54, 1.807) is 0 Å². The topological polar surface area (TPSA) is 52.6 Å². The average molecular weight is 345 g/mol. The molecule has 2 aromatic rings. The van der Waals surface area contributed by atoms with E-state index in [2.05, 4.69) is 5.32 Å². The minimum absolute atomic E-state index is 0.0575. The second kappa shape index (κ2) is 7.79. The van der Waals surface area contributed by atoms with Crippen molar-refractivity contribution < 1.29 is 9.90 Å². The van der Waals surface area contributed by atoms with Crippen molar-refractivity contribution in [2.45, 2.75) is 18.6 Å². The quantitative estimate of drug-likeness (QED) is 0.876. The Labute approximate surface area is 147 Å². The minimum Gasteiger partial charge on any atom is -0.392 e. The van der Waals surface area contributed by atoms with Crippen LogP contribution in [0.25, 0.3) is 0 Å². The molecule has 0 radical (unpaired) electrons. The lowest BCUT2D eigenvalue weighted by atomic mass is 9.98. The fourth-order valence-corrected chi connectivity index (χ4v) is 3.26. The molecule has 3 rings (SSSR count). The zero-order chi connectivity index (χ0) is 16.9. The number of carbonyl (C=O) groups excluding carboxylic acids is 1. The third kappa shape index (κ3) is 4.35. The second-order valence-corrected chi connectivity index (χ2v) is 6.58. The Morgan fingerprint density at radius 3 is 2.62 bits per heavy atom. The molecule has 0 spiro atoms. The summed E-state index contributed by atoms with van der Waals surface area (Å²) in [5, 5.41) is 13.3. The van der Waals surface area contributed by atoms with Crippen LogP contribution in [0.5, 0.6) is 0 Å². The summed E-state index contributed by atoms with van der Waals surface area (Å²) < 4.78 is 0. The smallest absolute Gasteiger partial charge is 0.234 e. The fourth-order valence-electron chi connectivity index (χ4n) is 3.06. The normalized spacial score (nSPS) is 19.2. The van der Waals surface area contributed by atoms with E-state index in [4.69, 9.17) is 11.6 Å². The van der Waals surface area contributed by atoms with Crippen molar-refractivity contribution in [3.63, 3.8) is 0 Å². The van der Waals surface area contributed by atoms with E-state index in [1.807, 2.05) is 59.5 Å². The van der Waals surface area contributed by atoms with Crippen molar-refractivity contribution >= 4 is 17.5 Å². The van der Waals surface area contributed by atoms with Crippen LogP contribution in [0.4, 0.5) is 0 Å². The number of aliphatic hydroxyl groups excluding tert-OH is 1.